The molecule has 1 fully saturated rings. The first-order valence-corrected chi connectivity index (χ1v) is 7.14. The predicted molar refractivity (Wildman–Crippen MR) is 73.7 cm³/mol. The van der Waals surface area contributed by atoms with Crippen molar-refractivity contribution in [1.29, 1.82) is 0 Å². The number of nitrogens with zero attached hydrogens (tertiary/aromatic N) is 1. The van der Waals surface area contributed by atoms with E-state index in [1.54, 1.807) is 0 Å². The van der Waals surface area contributed by atoms with Gasteiger partial charge in [0.1, 0.15) is 0 Å². The fourth-order valence-electron chi connectivity index (χ4n) is 2.11. The van der Waals surface area contributed by atoms with Gasteiger partial charge < -0.3 is 10.6 Å². The smallest absolute Gasteiger partial charge is 0.273 e. The number of carbonyl (C=O) groups is 1. The molecular formula is C12H19BrN4O. The van der Waals surface area contributed by atoms with Crippen LogP contribution in [0.2, 0.25) is 0 Å². The molecule has 1 amide bonds. The first-order chi connectivity index (χ1) is 8.59. The molecule has 0 radical (unpaired) electrons. The molecule has 1 atom stereocenters. The molecule has 0 bridgehead atoms. The quantitative estimate of drug-likeness (QED) is 0.793. The molecule has 1 aromatic heterocycles. The molecule has 1 aromatic rings. The third kappa shape index (κ3) is 2.92. The number of aromatic nitrogens is 2. The molecule has 0 spiro atoms. The highest BCUT2D eigenvalue weighted by Gasteiger charge is 2.20. The number of hydrogen-bond acceptors (Lipinski definition) is 3. The molecule has 1 aliphatic heterocycles. The van der Waals surface area contributed by atoms with Gasteiger partial charge in [0, 0.05) is 12.6 Å². The zero-order valence-corrected chi connectivity index (χ0v) is 12.3. The minimum atomic E-state index is -0.126. The monoisotopic (exact) mass is 314 g/mol. The molecule has 1 unspecified atom stereocenters. The number of aromatic amines is 1. The van der Waals surface area contributed by atoms with Crippen molar-refractivity contribution in [2.24, 2.45) is 0 Å². The Hall–Kier alpha value is -0.880. The summed E-state index contributed by atoms with van der Waals surface area (Å²) in [7, 11) is 0. The molecule has 0 saturated carbocycles. The number of rotatable bonds is 4. The average Bonchev–Trinajstić information content (AvgIpc) is 2.94. The highest BCUT2D eigenvalue weighted by Crippen LogP contribution is 2.25. The Morgan fingerprint density at radius 1 is 1.61 bits per heavy atom. The first kappa shape index (κ1) is 13.5. The first-order valence-electron chi connectivity index (χ1n) is 6.35. The third-order valence-corrected chi connectivity index (χ3v) is 4.00. The van der Waals surface area contributed by atoms with Crippen LogP contribution in [-0.2, 0) is 0 Å². The SMILES string of the molecule is CC(C)c1[nH]nc(C(=O)NCC2CCCN2)c1Br. The fraction of sp³-hybridized carbons (Fsp3) is 0.667. The molecular weight excluding hydrogens is 296 g/mol. The molecule has 5 nitrogen and oxygen atoms in total. The van der Waals surface area contributed by atoms with Crippen LogP contribution in [0, 0.1) is 0 Å². The van der Waals surface area contributed by atoms with Crippen molar-refractivity contribution >= 4 is 21.8 Å². The van der Waals surface area contributed by atoms with Crippen molar-refractivity contribution in [2.45, 2.75) is 38.6 Å². The van der Waals surface area contributed by atoms with Crippen LogP contribution in [0.5, 0.6) is 0 Å². The van der Waals surface area contributed by atoms with Gasteiger partial charge in [-0.15, -0.1) is 0 Å². The summed E-state index contributed by atoms with van der Waals surface area (Å²) in [5.41, 5.74) is 1.40. The van der Waals surface area contributed by atoms with E-state index >= 15 is 0 Å². The average molecular weight is 315 g/mol. The van der Waals surface area contributed by atoms with Crippen molar-refractivity contribution in [2.75, 3.05) is 13.1 Å². The van der Waals surface area contributed by atoms with Crippen molar-refractivity contribution < 1.29 is 4.79 Å². The predicted octanol–water partition coefficient (Wildman–Crippen LogP) is 1.78. The van der Waals surface area contributed by atoms with Crippen molar-refractivity contribution in [3.63, 3.8) is 0 Å². The van der Waals surface area contributed by atoms with Gasteiger partial charge in [0.15, 0.2) is 5.69 Å². The van der Waals surface area contributed by atoms with Gasteiger partial charge >= 0.3 is 0 Å². The standard InChI is InChI=1S/C12H19BrN4O/c1-7(2)10-9(13)11(17-16-10)12(18)15-6-8-4-3-5-14-8/h7-8,14H,3-6H2,1-2H3,(H,15,18)(H,16,17). The second-order valence-corrected chi connectivity index (χ2v) is 5.75. The zero-order valence-electron chi connectivity index (χ0n) is 10.7. The zero-order chi connectivity index (χ0) is 13.1. The topological polar surface area (TPSA) is 69.8 Å². The Morgan fingerprint density at radius 2 is 2.39 bits per heavy atom. The van der Waals surface area contributed by atoms with Crippen LogP contribution < -0.4 is 10.6 Å². The van der Waals surface area contributed by atoms with E-state index < -0.39 is 0 Å². The van der Waals surface area contributed by atoms with Crippen LogP contribution in [0.1, 0.15) is 48.8 Å². The van der Waals surface area contributed by atoms with E-state index in [1.165, 1.54) is 6.42 Å². The number of carbonyl (C=O) groups excluding carboxylic acids is 1. The van der Waals surface area contributed by atoms with E-state index in [4.69, 9.17) is 0 Å². The Bertz CT molecular complexity index is 424. The Kier molecular flexibility index (Phi) is 4.40. The number of H-pyrrole nitrogens is 1. The van der Waals surface area contributed by atoms with Gasteiger partial charge in [-0.25, -0.2) is 0 Å². The van der Waals surface area contributed by atoms with E-state index in [0.29, 0.717) is 24.2 Å². The summed E-state index contributed by atoms with van der Waals surface area (Å²) < 4.78 is 0.773. The summed E-state index contributed by atoms with van der Waals surface area (Å²) in [5.74, 6) is 0.184. The van der Waals surface area contributed by atoms with Crippen molar-refractivity contribution in [1.82, 2.24) is 20.8 Å². The summed E-state index contributed by atoms with van der Waals surface area (Å²) in [4.78, 5) is 12.0. The van der Waals surface area contributed by atoms with E-state index in [9.17, 15) is 4.79 Å². The van der Waals surface area contributed by atoms with Gasteiger partial charge in [0.05, 0.1) is 10.2 Å². The van der Waals surface area contributed by atoms with Crippen LogP contribution in [0.25, 0.3) is 0 Å². The second-order valence-electron chi connectivity index (χ2n) is 4.96. The third-order valence-electron chi connectivity index (χ3n) is 3.20. The van der Waals surface area contributed by atoms with Crippen molar-refractivity contribution in [3.05, 3.63) is 15.9 Å². The minimum Gasteiger partial charge on any atom is -0.349 e. The van der Waals surface area contributed by atoms with E-state index in [2.05, 4.69) is 50.6 Å². The molecule has 100 valence electrons. The molecule has 6 heteroatoms. The molecule has 0 aliphatic carbocycles. The summed E-state index contributed by atoms with van der Waals surface area (Å²) in [6, 6.07) is 0.399. The fourth-order valence-corrected chi connectivity index (χ4v) is 2.92. The van der Waals surface area contributed by atoms with E-state index in [0.717, 1.165) is 23.1 Å². The molecule has 1 aliphatic rings. The maximum atomic E-state index is 12.0. The number of halogens is 1. The number of amides is 1. The maximum Gasteiger partial charge on any atom is 0.273 e. The minimum absolute atomic E-state index is 0.126. The lowest BCUT2D eigenvalue weighted by molar-refractivity contribution is 0.0944. The lowest BCUT2D eigenvalue weighted by atomic mass is 10.1. The van der Waals surface area contributed by atoms with Crippen LogP contribution in [-0.4, -0.2) is 35.2 Å². The summed E-state index contributed by atoms with van der Waals surface area (Å²) in [6.07, 6.45) is 2.31. The normalized spacial score (nSPS) is 19.4. The molecule has 2 rings (SSSR count). The molecule has 2 heterocycles. The molecule has 3 N–H and O–H groups in total. The Labute approximate surface area is 115 Å². The van der Waals surface area contributed by atoms with E-state index in [1.807, 2.05) is 0 Å². The highest BCUT2D eigenvalue weighted by atomic mass is 79.9. The summed E-state index contributed by atoms with van der Waals surface area (Å²) >= 11 is 3.44. The molecule has 18 heavy (non-hydrogen) atoms. The van der Waals surface area contributed by atoms with Gasteiger partial charge in [-0.2, -0.15) is 5.10 Å². The van der Waals surface area contributed by atoms with E-state index in [-0.39, 0.29) is 5.91 Å². The van der Waals surface area contributed by atoms with Gasteiger partial charge in [0.25, 0.3) is 5.91 Å². The molecule has 1 saturated heterocycles. The van der Waals surface area contributed by atoms with Crippen LogP contribution in [0.15, 0.2) is 4.47 Å². The summed E-state index contributed by atoms with van der Waals surface area (Å²) in [6.45, 7) is 5.82. The van der Waals surface area contributed by atoms with Gasteiger partial charge in [-0.3, -0.25) is 9.89 Å². The lowest BCUT2D eigenvalue weighted by Gasteiger charge is -2.10. The number of hydrogen-bond donors (Lipinski definition) is 3. The van der Waals surface area contributed by atoms with Gasteiger partial charge in [-0.1, -0.05) is 13.8 Å². The van der Waals surface area contributed by atoms with Gasteiger partial charge in [-0.05, 0) is 41.2 Å². The largest absolute Gasteiger partial charge is 0.349 e. The van der Waals surface area contributed by atoms with Crippen molar-refractivity contribution in [3.8, 4) is 0 Å². The second kappa shape index (κ2) is 5.84. The molecule has 0 aromatic carbocycles. The Balaban J connectivity index is 1.96. The number of nitrogens with one attached hydrogen (secondary N) is 3. The lowest BCUT2D eigenvalue weighted by Crippen LogP contribution is -2.37. The Morgan fingerprint density at radius 3 is 2.94 bits per heavy atom. The maximum absolute atomic E-state index is 12.0. The summed E-state index contributed by atoms with van der Waals surface area (Å²) in [5, 5.41) is 13.3. The van der Waals surface area contributed by atoms with Crippen LogP contribution in [0.3, 0.4) is 0 Å². The van der Waals surface area contributed by atoms with Crippen LogP contribution in [0.4, 0.5) is 0 Å². The van der Waals surface area contributed by atoms with Gasteiger partial charge in [0.2, 0.25) is 0 Å². The highest BCUT2D eigenvalue weighted by molar-refractivity contribution is 9.10. The van der Waals surface area contributed by atoms with Crippen LogP contribution >= 0.6 is 15.9 Å².